The summed E-state index contributed by atoms with van der Waals surface area (Å²) in [5.74, 6) is -0.530. The van der Waals surface area contributed by atoms with E-state index >= 15 is 0 Å². The molecule has 0 radical (unpaired) electrons. The van der Waals surface area contributed by atoms with Gasteiger partial charge in [-0.25, -0.2) is 0 Å². The first-order valence-electron chi connectivity index (χ1n) is 11.6. The minimum Gasteiger partial charge on any atom is -0.481 e. The van der Waals surface area contributed by atoms with Crippen molar-refractivity contribution >= 4 is 52.1 Å². The van der Waals surface area contributed by atoms with Crippen LogP contribution in [0.2, 0.25) is 0 Å². The lowest BCUT2D eigenvalue weighted by molar-refractivity contribution is -0.137. The largest absolute Gasteiger partial charge is 0.481 e. The van der Waals surface area contributed by atoms with Crippen LogP contribution in [-0.4, -0.2) is 43.9 Å². The molecule has 0 unspecified atom stereocenters. The first kappa shape index (κ1) is 27.2. The lowest BCUT2D eigenvalue weighted by Crippen LogP contribution is -2.29. The number of aromatic nitrogens is 1. The van der Waals surface area contributed by atoms with E-state index in [-0.39, 0.29) is 17.9 Å². The van der Waals surface area contributed by atoms with Crippen LogP contribution >= 0.6 is 24.0 Å². The van der Waals surface area contributed by atoms with Gasteiger partial charge in [0, 0.05) is 32.1 Å². The Morgan fingerprint density at radius 3 is 2.61 bits per heavy atom. The second kappa shape index (κ2) is 12.5. The van der Waals surface area contributed by atoms with Crippen LogP contribution in [0.1, 0.15) is 47.9 Å². The molecular weight excluding hydrogens is 496 g/mol. The number of unbranched alkanes of at least 4 members (excludes halogenated alkanes) is 2. The third-order valence-electron chi connectivity index (χ3n) is 5.97. The number of amides is 1. The molecule has 36 heavy (non-hydrogen) atoms. The lowest BCUT2D eigenvalue weighted by atomic mass is 10.0. The van der Waals surface area contributed by atoms with Gasteiger partial charge in [0.1, 0.15) is 21.8 Å². The first-order chi connectivity index (χ1) is 17.2. The molecule has 0 saturated carbocycles. The summed E-state index contributed by atoms with van der Waals surface area (Å²) in [5, 5.41) is 21.7. The van der Waals surface area contributed by atoms with Crippen molar-refractivity contribution in [3.63, 3.8) is 0 Å². The number of benzene rings is 1. The normalized spacial score (nSPS) is 14.4. The van der Waals surface area contributed by atoms with Crippen molar-refractivity contribution in [1.82, 2.24) is 9.47 Å². The molecule has 2 aromatic rings. The maximum atomic E-state index is 13.1. The molecule has 2 heterocycles. The Morgan fingerprint density at radius 2 is 1.94 bits per heavy atom. The number of anilines is 1. The van der Waals surface area contributed by atoms with Gasteiger partial charge in [-0.3, -0.25) is 23.9 Å². The van der Waals surface area contributed by atoms with E-state index in [1.807, 2.05) is 36.4 Å². The van der Waals surface area contributed by atoms with Gasteiger partial charge >= 0.3 is 5.97 Å². The molecular formula is C26H28N4O4S2. The van der Waals surface area contributed by atoms with Crippen LogP contribution in [0.15, 0.2) is 40.0 Å². The van der Waals surface area contributed by atoms with Crippen LogP contribution in [-0.2, 0) is 23.1 Å². The van der Waals surface area contributed by atoms with E-state index in [1.54, 1.807) is 20.0 Å². The molecule has 0 spiro atoms. The van der Waals surface area contributed by atoms with Gasteiger partial charge in [-0.1, -0.05) is 60.7 Å². The van der Waals surface area contributed by atoms with Crippen molar-refractivity contribution in [3.05, 3.63) is 67.8 Å². The fourth-order valence-electron chi connectivity index (χ4n) is 3.96. The zero-order chi connectivity index (χ0) is 26.2. The molecule has 188 valence electrons. The highest BCUT2D eigenvalue weighted by Gasteiger charge is 2.32. The number of thiocarbonyl (C=S) groups is 1. The van der Waals surface area contributed by atoms with E-state index in [2.05, 4.69) is 5.32 Å². The number of hydrogen-bond acceptors (Lipinski definition) is 7. The predicted octanol–water partition coefficient (Wildman–Crippen LogP) is 4.07. The van der Waals surface area contributed by atoms with Crippen LogP contribution in [0.4, 0.5) is 5.82 Å². The number of carbonyl (C=O) groups excluding carboxylic acids is 1. The van der Waals surface area contributed by atoms with Gasteiger partial charge in [0.05, 0.1) is 4.91 Å². The van der Waals surface area contributed by atoms with Gasteiger partial charge in [0.15, 0.2) is 0 Å². The molecule has 1 aromatic heterocycles. The van der Waals surface area contributed by atoms with Crippen LogP contribution in [0.3, 0.4) is 0 Å². The smallest absolute Gasteiger partial charge is 0.303 e. The van der Waals surface area contributed by atoms with Crippen molar-refractivity contribution in [2.45, 2.75) is 39.0 Å². The summed E-state index contributed by atoms with van der Waals surface area (Å²) in [4.78, 5) is 38.5. The van der Waals surface area contributed by atoms with Crippen molar-refractivity contribution in [2.24, 2.45) is 7.05 Å². The maximum Gasteiger partial charge on any atom is 0.303 e. The minimum absolute atomic E-state index is 0.0336. The molecule has 0 atom stereocenters. The molecule has 1 aliphatic rings. The number of carbonyl (C=O) groups is 2. The summed E-state index contributed by atoms with van der Waals surface area (Å²) in [6.07, 6.45) is 4.42. The molecule has 1 aromatic carbocycles. The third kappa shape index (κ3) is 6.42. The van der Waals surface area contributed by atoms with Crippen LogP contribution in [0.25, 0.3) is 6.08 Å². The number of nitrogens with one attached hydrogen (secondary N) is 1. The number of carboxylic acids is 1. The molecule has 1 saturated heterocycles. The number of rotatable bonds is 11. The summed E-state index contributed by atoms with van der Waals surface area (Å²) in [6, 6.07) is 11.9. The van der Waals surface area contributed by atoms with Gasteiger partial charge in [0.25, 0.3) is 11.5 Å². The summed E-state index contributed by atoms with van der Waals surface area (Å²) in [5.41, 5.74) is 1.88. The molecule has 8 nitrogen and oxygen atoms in total. The third-order valence-corrected chi connectivity index (χ3v) is 7.35. The standard InChI is InChI=1S/C26H28N4O4S2/c1-17-19(15-21-25(34)30(26(35)36-21)14-8-4-7-11-22(31)32)23(29(2)24(33)20(17)16-27)28-13-12-18-9-5-3-6-10-18/h3,5-6,9-10,15,28H,4,7-8,11-14H2,1-2H3,(H,31,32)/b21-15+. The van der Waals surface area contributed by atoms with Crippen molar-refractivity contribution in [3.8, 4) is 6.07 Å². The molecule has 0 aliphatic carbocycles. The second-order valence-corrected chi connectivity index (χ2v) is 10.1. The number of hydrogen-bond donors (Lipinski definition) is 2. The number of thioether (sulfide) groups is 1. The van der Waals surface area contributed by atoms with Crippen molar-refractivity contribution in [1.29, 1.82) is 5.26 Å². The molecule has 0 bridgehead atoms. The zero-order valence-electron chi connectivity index (χ0n) is 20.2. The first-order valence-corrected chi connectivity index (χ1v) is 12.9. The summed E-state index contributed by atoms with van der Waals surface area (Å²) >= 11 is 6.61. The molecule has 1 aliphatic heterocycles. The fourth-order valence-corrected chi connectivity index (χ4v) is 5.25. The number of nitrogens with zero attached hydrogens (tertiary/aromatic N) is 3. The van der Waals surface area contributed by atoms with Gasteiger partial charge in [-0.2, -0.15) is 5.26 Å². The lowest BCUT2D eigenvalue weighted by Gasteiger charge is -2.18. The van der Waals surface area contributed by atoms with Crippen LogP contribution in [0.5, 0.6) is 0 Å². The van der Waals surface area contributed by atoms with Gasteiger partial charge in [-0.15, -0.1) is 0 Å². The molecule has 1 amide bonds. The van der Waals surface area contributed by atoms with E-state index in [9.17, 15) is 19.6 Å². The van der Waals surface area contributed by atoms with E-state index in [0.29, 0.717) is 58.5 Å². The Bertz CT molecular complexity index is 1300. The van der Waals surface area contributed by atoms with Crippen molar-refractivity contribution < 1.29 is 14.7 Å². The predicted molar refractivity (Wildman–Crippen MR) is 146 cm³/mol. The Morgan fingerprint density at radius 1 is 1.22 bits per heavy atom. The Labute approximate surface area is 219 Å². The summed E-state index contributed by atoms with van der Waals surface area (Å²) in [6.45, 7) is 2.68. The average Bonchev–Trinajstić information content (AvgIpc) is 3.12. The van der Waals surface area contributed by atoms with Gasteiger partial charge < -0.3 is 10.4 Å². The molecule has 2 N–H and O–H groups in total. The van der Waals surface area contributed by atoms with Gasteiger partial charge in [0.2, 0.25) is 0 Å². The minimum atomic E-state index is -0.832. The molecule has 10 heteroatoms. The number of carboxylic acid groups (broad SMARTS) is 1. The zero-order valence-corrected chi connectivity index (χ0v) is 21.9. The molecule has 1 fully saturated rings. The highest BCUT2D eigenvalue weighted by atomic mass is 32.2. The van der Waals surface area contributed by atoms with Crippen LogP contribution in [0, 0.1) is 18.3 Å². The maximum absolute atomic E-state index is 13.1. The molecule has 3 rings (SSSR count). The van der Waals surface area contributed by atoms with E-state index in [1.165, 1.54) is 21.2 Å². The quantitative estimate of drug-likeness (QED) is 0.257. The SMILES string of the molecule is Cc1c(/C=C2/SC(=S)N(CCCCCC(=O)O)C2=O)c(NCCc2ccccc2)n(C)c(=O)c1C#N. The van der Waals surface area contributed by atoms with E-state index < -0.39 is 11.5 Å². The highest BCUT2D eigenvalue weighted by molar-refractivity contribution is 8.26. The van der Waals surface area contributed by atoms with E-state index in [0.717, 1.165) is 12.0 Å². The second-order valence-electron chi connectivity index (χ2n) is 8.44. The average molecular weight is 525 g/mol. The number of pyridine rings is 1. The van der Waals surface area contributed by atoms with Gasteiger partial charge in [-0.05, 0) is 43.4 Å². The summed E-state index contributed by atoms with van der Waals surface area (Å²) < 4.78 is 1.84. The highest BCUT2D eigenvalue weighted by Crippen LogP contribution is 2.35. The Balaban J connectivity index is 1.85. The topological polar surface area (TPSA) is 115 Å². The number of aliphatic carboxylic acids is 1. The number of nitriles is 1. The Hall–Kier alpha value is -3.42. The monoisotopic (exact) mass is 524 g/mol. The fraction of sp³-hybridized carbons (Fsp3) is 0.346. The van der Waals surface area contributed by atoms with Crippen LogP contribution < -0.4 is 10.9 Å². The summed E-state index contributed by atoms with van der Waals surface area (Å²) in [7, 11) is 1.60. The van der Waals surface area contributed by atoms with Crippen molar-refractivity contribution in [2.75, 3.05) is 18.4 Å². The Kier molecular flexibility index (Phi) is 9.44. The van der Waals surface area contributed by atoms with E-state index in [4.69, 9.17) is 17.3 Å².